The van der Waals surface area contributed by atoms with Gasteiger partial charge in [-0.25, -0.2) is 9.78 Å². The monoisotopic (exact) mass is 398 g/mol. The molecule has 2 heterocycles. The summed E-state index contributed by atoms with van der Waals surface area (Å²) in [6.07, 6.45) is 0.770. The number of piperazine rings is 1. The van der Waals surface area contributed by atoms with Crippen molar-refractivity contribution in [2.24, 2.45) is 0 Å². The lowest BCUT2D eigenvalue weighted by atomic mass is 10.1. The number of aryl methyl sites for hydroxylation is 4. The van der Waals surface area contributed by atoms with E-state index in [0.717, 1.165) is 23.4 Å². The van der Waals surface area contributed by atoms with E-state index in [2.05, 4.69) is 47.2 Å². The van der Waals surface area contributed by atoms with Gasteiger partial charge in [-0.3, -0.25) is 9.96 Å². The molecule has 1 aromatic carbocycles. The number of amides is 2. The lowest BCUT2D eigenvalue weighted by Gasteiger charge is -2.45. The second-order valence-corrected chi connectivity index (χ2v) is 7.76. The average Bonchev–Trinajstić information content (AvgIpc) is 2.68. The van der Waals surface area contributed by atoms with E-state index >= 15 is 0 Å². The van der Waals surface area contributed by atoms with Crippen LogP contribution >= 0.6 is 0 Å². The molecule has 0 radical (unpaired) electrons. The van der Waals surface area contributed by atoms with E-state index in [-0.39, 0.29) is 13.1 Å². The summed E-state index contributed by atoms with van der Waals surface area (Å²) < 4.78 is 4.41. The van der Waals surface area contributed by atoms with Crippen molar-refractivity contribution >= 4 is 17.4 Å². The largest absolute Gasteiger partial charge is 0.624 e. The molecule has 1 saturated heterocycles. The van der Waals surface area contributed by atoms with Gasteiger partial charge in [0.15, 0.2) is 0 Å². The summed E-state index contributed by atoms with van der Waals surface area (Å²) in [7, 11) is 1.51. The number of quaternary nitrogens is 1. The van der Waals surface area contributed by atoms with Gasteiger partial charge in [-0.2, -0.15) is 0 Å². The molecule has 7 nitrogen and oxygen atoms in total. The third-order valence-corrected chi connectivity index (χ3v) is 5.46. The van der Waals surface area contributed by atoms with Crippen molar-refractivity contribution < 1.29 is 14.2 Å². The van der Waals surface area contributed by atoms with Crippen LogP contribution in [0.2, 0.25) is 0 Å². The first-order valence-corrected chi connectivity index (χ1v) is 10.0. The number of benzene rings is 1. The minimum absolute atomic E-state index is 0.195. The third kappa shape index (κ3) is 4.52. The number of hydrogen-bond donors (Lipinski definition) is 1. The zero-order valence-corrected chi connectivity index (χ0v) is 17.9. The highest BCUT2D eigenvalue weighted by Crippen LogP contribution is 2.27. The van der Waals surface area contributed by atoms with E-state index in [1.54, 1.807) is 0 Å². The number of hydroxylamine groups is 3. The maximum Gasteiger partial charge on any atom is 0.421 e. The molecule has 3 rings (SSSR count). The van der Waals surface area contributed by atoms with Gasteiger partial charge in [-0.05, 0) is 62.1 Å². The molecule has 1 fully saturated rings. The molecule has 0 bridgehead atoms. The van der Waals surface area contributed by atoms with Gasteiger partial charge in [0.25, 0.3) is 0 Å². The summed E-state index contributed by atoms with van der Waals surface area (Å²) in [5, 5.41) is 15.9. The van der Waals surface area contributed by atoms with Gasteiger partial charge in [0, 0.05) is 11.4 Å². The molecule has 29 heavy (non-hydrogen) atoms. The first-order valence-electron chi connectivity index (χ1n) is 10.0. The lowest BCUT2D eigenvalue weighted by molar-refractivity contribution is -0.797. The molecular formula is C22H30N4O3. The SMILES string of the molecule is CCc1nc(OC)c(NC(=O)[N+]2([O-])CCN(c3cc(C)cc(C)c3)CC2)cc1C. The molecule has 2 amide bonds. The maximum absolute atomic E-state index is 13.2. The number of pyridine rings is 1. The first-order chi connectivity index (χ1) is 13.8. The van der Waals surface area contributed by atoms with E-state index < -0.39 is 10.7 Å². The Morgan fingerprint density at radius 3 is 2.34 bits per heavy atom. The van der Waals surface area contributed by atoms with E-state index in [0.29, 0.717) is 24.7 Å². The molecule has 0 aliphatic carbocycles. The molecule has 1 N–H and O–H groups in total. The highest BCUT2D eigenvalue weighted by atomic mass is 16.6. The fraction of sp³-hybridized carbons (Fsp3) is 0.455. The second kappa shape index (κ2) is 8.39. The van der Waals surface area contributed by atoms with Crippen LogP contribution in [0, 0.1) is 26.0 Å². The number of hydrogen-bond acceptors (Lipinski definition) is 5. The second-order valence-electron chi connectivity index (χ2n) is 7.76. The maximum atomic E-state index is 13.2. The zero-order valence-electron chi connectivity index (χ0n) is 17.9. The number of nitrogens with zero attached hydrogens (tertiary/aromatic N) is 3. The van der Waals surface area contributed by atoms with Crippen LogP contribution in [0.5, 0.6) is 5.88 Å². The van der Waals surface area contributed by atoms with E-state index in [4.69, 9.17) is 4.74 Å². The van der Waals surface area contributed by atoms with Crippen LogP contribution in [0.1, 0.15) is 29.3 Å². The number of aromatic nitrogens is 1. The Morgan fingerprint density at radius 2 is 1.79 bits per heavy atom. The number of methoxy groups -OCH3 is 1. The standard InChI is InChI=1S/C22H30N4O3/c1-6-19-17(4)14-20(21(23-19)29-5)24-22(27)26(28)9-7-25(8-10-26)18-12-15(2)11-16(3)13-18/h11-14H,6-10H2,1-5H3,(H,24,27). The fourth-order valence-corrected chi connectivity index (χ4v) is 3.84. The number of carbonyl (C=O) groups is 1. The first kappa shape index (κ1) is 21.1. The lowest BCUT2D eigenvalue weighted by Crippen LogP contribution is -2.60. The van der Waals surface area contributed by atoms with Crippen molar-refractivity contribution in [3.8, 4) is 5.88 Å². The number of nitrogens with one attached hydrogen (secondary N) is 1. The van der Waals surface area contributed by atoms with E-state index in [1.165, 1.54) is 18.2 Å². The van der Waals surface area contributed by atoms with Gasteiger partial charge in [-0.1, -0.05) is 13.0 Å². The van der Waals surface area contributed by atoms with E-state index in [1.807, 2.05) is 19.9 Å². The minimum atomic E-state index is -0.904. The van der Waals surface area contributed by atoms with Crippen molar-refractivity contribution in [2.45, 2.75) is 34.1 Å². The Morgan fingerprint density at radius 1 is 1.17 bits per heavy atom. The summed E-state index contributed by atoms with van der Waals surface area (Å²) in [4.78, 5) is 19.4. The smallest absolute Gasteiger partial charge is 0.421 e. The third-order valence-electron chi connectivity index (χ3n) is 5.46. The van der Waals surface area contributed by atoms with Gasteiger partial charge in [0.05, 0.1) is 20.2 Å². The zero-order chi connectivity index (χ0) is 21.2. The Kier molecular flexibility index (Phi) is 6.10. The van der Waals surface area contributed by atoms with Gasteiger partial charge in [0.1, 0.15) is 18.8 Å². The van der Waals surface area contributed by atoms with Crippen molar-refractivity contribution in [3.63, 3.8) is 0 Å². The van der Waals surface area contributed by atoms with Crippen LogP contribution in [0.4, 0.5) is 16.2 Å². The molecular weight excluding hydrogens is 368 g/mol. The molecule has 0 spiro atoms. The number of carbonyl (C=O) groups excluding carboxylic acids is 1. The molecule has 1 aliphatic heterocycles. The topological polar surface area (TPSA) is 77.5 Å². The van der Waals surface area contributed by atoms with Crippen LogP contribution < -0.4 is 15.0 Å². The van der Waals surface area contributed by atoms with Gasteiger partial charge in [0.2, 0.25) is 5.88 Å². The highest BCUT2D eigenvalue weighted by Gasteiger charge is 2.33. The Bertz CT molecular complexity index is 885. The molecule has 156 valence electrons. The van der Waals surface area contributed by atoms with Gasteiger partial charge < -0.3 is 14.8 Å². The molecule has 1 aromatic heterocycles. The summed E-state index contributed by atoms with van der Waals surface area (Å²) in [6, 6.07) is 7.61. The van der Waals surface area contributed by atoms with Crippen LogP contribution in [0.3, 0.4) is 0 Å². The van der Waals surface area contributed by atoms with Crippen LogP contribution in [0.15, 0.2) is 24.3 Å². The van der Waals surface area contributed by atoms with Crippen molar-refractivity contribution in [3.05, 3.63) is 51.9 Å². The summed E-state index contributed by atoms with van der Waals surface area (Å²) in [5.41, 5.74) is 5.80. The highest BCUT2D eigenvalue weighted by molar-refractivity contribution is 5.86. The van der Waals surface area contributed by atoms with Crippen LogP contribution in [0.25, 0.3) is 0 Å². The average molecular weight is 399 g/mol. The number of anilines is 2. The summed E-state index contributed by atoms with van der Waals surface area (Å²) >= 11 is 0. The molecule has 0 unspecified atom stereocenters. The van der Waals surface area contributed by atoms with Gasteiger partial charge >= 0.3 is 6.03 Å². The Labute approximate surface area is 172 Å². The number of rotatable bonds is 4. The predicted octanol–water partition coefficient (Wildman–Crippen LogP) is 3.94. The van der Waals surface area contributed by atoms with Crippen LogP contribution in [-0.4, -0.2) is 49.0 Å². The molecule has 2 aromatic rings. The van der Waals surface area contributed by atoms with Crippen LogP contribution in [-0.2, 0) is 6.42 Å². The quantitative estimate of drug-likeness (QED) is 0.623. The van der Waals surface area contributed by atoms with Crippen molar-refractivity contribution in [2.75, 3.05) is 43.5 Å². The molecule has 0 saturated carbocycles. The molecule has 0 atom stereocenters. The minimum Gasteiger partial charge on any atom is -0.624 e. The molecule has 1 aliphatic rings. The normalized spacial score (nSPS) is 15.9. The number of urea groups is 1. The summed E-state index contributed by atoms with van der Waals surface area (Å²) in [5.74, 6) is 0.335. The Balaban J connectivity index is 1.72. The van der Waals surface area contributed by atoms with E-state index in [9.17, 15) is 10.0 Å². The van der Waals surface area contributed by atoms with Gasteiger partial charge in [-0.15, -0.1) is 0 Å². The fourth-order valence-electron chi connectivity index (χ4n) is 3.84. The van der Waals surface area contributed by atoms with Crippen molar-refractivity contribution in [1.82, 2.24) is 4.98 Å². The summed E-state index contributed by atoms with van der Waals surface area (Å²) in [6.45, 7) is 9.53. The molecule has 7 heteroatoms. The van der Waals surface area contributed by atoms with Crippen molar-refractivity contribution in [1.29, 1.82) is 0 Å². The number of ether oxygens (including phenoxy) is 1. The Hall–Kier alpha value is -2.64. The predicted molar refractivity (Wildman–Crippen MR) is 115 cm³/mol.